The van der Waals surface area contributed by atoms with Gasteiger partial charge in [0.25, 0.3) is 5.97 Å². The molecule has 0 spiro atoms. The van der Waals surface area contributed by atoms with E-state index in [-0.39, 0.29) is 0 Å². The van der Waals surface area contributed by atoms with Gasteiger partial charge in [0.05, 0.1) is 0 Å². The average Bonchev–Trinajstić information content (AvgIpc) is 1.65. The van der Waals surface area contributed by atoms with Gasteiger partial charge in [-0.2, -0.15) is 0 Å². The Morgan fingerprint density at radius 2 is 2.12 bits per heavy atom. The minimum atomic E-state index is -0.833. The van der Waals surface area contributed by atoms with Gasteiger partial charge in [0.2, 0.25) is 0 Å². The summed E-state index contributed by atoms with van der Waals surface area (Å²) in [5, 5.41) is 7.42. The molecule has 0 fully saturated rings. The van der Waals surface area contributed by atoms with Crippen LogP contribution in [0.5, 0.6) is 0 Å². The summed E-state index contributed by atoms with van der Waals surface area (Å²) in [4.78, 5) is 11.4. The zero-order valence-electron chi connectivity index (χ0n) is 4.27. The Balaban J connectivity index is 0. The monoisotopic (exact) mass is 311 g/mol. The molecule has 1 N–H and O–H groups in total. The third-order valence-corrected chi connectivity index (χ3v) is 0.453. The van der Waals surface area contributed by atoms with Crippen LogP contribution in [-0.4, -0.2) is 37.1 Å². The SMILES string of the molecule is CC(=O)O.[N-]=[N+]=[N][PbH]. The van der Waals surface area contributed by atoms with E-state index in [4.69, 9.17) is 15.4 Å². The fourth-order valence-electron chi connectivity index (χ4n) is 0. The molecule has 0 aliphatic carbocycles. The van der Waals surface area contributed by atoms with E-state index in [1.54, 1.807) is 0 Å². The first-order valence-corrected chi connectivity index (χ1v) is 3.59. The van der Waals surface area contributed by atoms with Crippen LogP contribution in [0.25, 0.3) is 10.4 Å². The Hall–Kier alpha value is -0.298. The van der Waals surface area contributed by atoms with Gasteiger partial charge in [-0.15, -0.1) is 0 Å². The quantitative estimate of drug-likeness (QED) is 0.300. The molecule has 0 saturated carbocycles. The fraction of sp³-hybridized carbons (Fsp3) is 0.500. The Kier molecular flexibility index (Phi) is 13.1. The van der Waals surface area contributed by atoms with Crippen LogP contribution in [0.3, 0.4) is 0 Å². The number of hydrogen-bond acceptors (Lipinski definition) is 2. The van der Waals surface area contributed by atoms with Crippen LogP contribution < -0.4 is 0 Å². The van der Waals surface area contributed by atoms with E-state index in [0.29, 0.717) is 26.1 Å². The number of carboxylic acid groups (broad SMARTS) is 1. The second-order valence-corrected chi connectivity index (χ2v) is 1.62. The summed E-state index contributed by atoms with van der Waals surface area (Å²) < 4.78 is 3.08. The molecule has 0 rings (SSSR count). The van der Waals surface area contributed by atoms with Gasteiger partial charge in [-0.1, -0.05) is 0 Å². The van der Waals surface area contributed by atoms with Crippen LogP contribution >= 0.6 is 0 Å². The molecule has 0 aromatic carbocycles. The minimum absolute atomic E-state index is 0.440. The Morgan fingerprint density at radius 3 is 2.12 bits per heavy atom. The summed E-state index contributed by atoms with van der Waals surface area (Å²) >= 11 is 0.440. The molecule has 0 aliphatic heterocycles. The zero-order valence-corrected chi connectivity index (χ0v) is 8.76. The molecule has 0 amide bonds. The summed E-state index contributed by atoms with van der Waals surface area (Å²) in [5.74, 6) is -0.833. The van der Waals surface area contributed by atoms with Gasteiger partial charge >= 0.3 is 39.4 Å². The summed E-state index contributed by atoms with van der Waals surface area (Å²) in [5.41, 5.74) is 7.38. The van der Waals surface area contributed by atoms with Gasteiger partial charge in [-0.25, -0.2) is 0 Å². The van der Waals surface area contributed by atoms with Gasteiger partial charge in [0.15, 0.2) is 0 Å². The number of nitrogens with zero attached hydrogens (tertiary/aromatic N) is 3. The normalized spacial score (nSPS) is 5.25. The van der Waals surface area contributed by atoms with Crippen LogP contribution in [0.1, 0.15) is 6.92 Å². The molecule has 0 aliphatic rings. The third kappa shape index (κ3) is 256. The van der Waals surface area contributed by atoms with Gasteiger partial charge in [-0.3, -0.25) is 4.79 Å². The zero-order chi connectivity index (χ0) is 6.99. The first-order chi connectivity index (χ1) is 3.65. The molecule has 0 unspecified atom stereocenters. The van der Waals surface area contributed by atoms with E-state index in [1.165, 1.54) is 0 Å². The molecule has 6 heteroatoms. The first kappa shape index (κ1) is 10.6. The summed E-state index contributed by atoms with van der Waals surface area (Å²) in [7, 11) is 0. The predicted octanol–water partition coefficient (Wildman–Crippen LogP) is 0.203. The molecular weight excluding hydrogens is 305 g/mol. The molecule has 0 bridgehead atoms. The molecule has 0 aromatic heterocycles. The Morgan fingerprint density at radius 1 is 2.00 bits per heavy atom. The van der Waals surface area contributed by atoms with E-state index in [9.17, 15) is 0 Å². The van der Waals surface area contributed by atoms with Crippen molar-refractivity contribution >= 4 is 32.0 Å². The molecule has 5 nitrogen and oxygen atoms in total. The van der Waals surface area contributed by atoms with Gasteiger partial charge < -0.3 is 5.11 Å². The van der Waals surface area contributed by atoms with E-state index in [2.05, 4.69) is 7.84 Å². The number of carbonyl (C=O) groups is 1. The van der Waals surface area contributed by atoms with Crippen molar-refractivity contribution in [3.05, 3.63) is 10.4 Å². The number of azide groups is 1. The summed E-state index contributed by atoms with van der Waals surface area (Å²) in [6.45, 7) is 1.08. The third-order valence-electron chi connectivity index (χ3n) is 0.0516. The van der Waals surface area contributed by atoms with Crippen molar-refractivity contribution in [1.82, 2.24) is 0 Å². The second kappa shape index (κ2) is 9.86. The van der Waals surface area contributed by atoms with Crippen molar-refractivity contribution < 1.29 is 9.90 Å². The molecule has 44 valence electrons. The van der Waals surface area contributed by atoms with Crippen molar-refractivity contribution in [3.63, 3.8) is 0 Å². The van der Waals surface area contributed by atoms with Crippen LogP contribution in [-0.2, 0) is 4.79 Å². The molecule has 0 atom stereocenters. The van der Waals surface area contributed by atoms with Crippen LogP contribution in [0.4, 0.5) is 0 Å². The van der Waals surface area contributed by atoms with E-state index in [0.717, 1.165) is 6.92 Å². The van der Waals surface area contributed by atoms with Crippen molar-refractivity contribution in [2.75, 3.05) is 0 Å². The molecule has 8 heavy (non-hydrogen) atoms. The van der Waals surface area contributed by atoms with E-state index >= 15 is 0 Å². The topological polar surface area (TPSA) is 86.1 Å². The van der Waals surface area contributed by atoms with Crippen LogP contribution in [0, 0.1) is 0 Å². The van der Waals surface area contributed by atoms with Crippen molar-refractivity contribution in [2.24, 2.45) is 2.92 Å². The standard InChI is InChI=1S/C2H4O2.N3.Pb.H/c1-2(3)4;1-3-2;;/h1H3,(H,3,4);;;/q;-1;+1;. The van der Waals surface area contributed by atoms with E-state index in [1.807, 2.05) is 0 Å². The van der Waals surface area contributed by atoms with Gasteiger partial charge in [-0.05, 0) is 0 Å². The number of carboxylic acids is 1. The number of rotatable bonds is 0. The fourth-order valence-corrected chi connectivity index (χ4v) is 0. The molecular formula is C2H5N3O2Pb. The van der Waals surface area contributed by atoms with Crippen LogP contribution in [0.2, 0.25) is 0 Å². The number of hydrogen-bond donors (Lipinski definition) is 1. The van der Waals surface area contributed by atoms with Crippen molar-refractivity contribution in [2.45, 2.75) is 6.92 Å². The summed E-state index contributed by atoms with van der Waals surface area (Å²) in [6.07, 6.45) is 0. The first-order valence-electron chi connectivity index (χ1n) is 1.59. The Labute approximate surface area is 62.4 Å². The molecule has 2 radical (unpaired) electrons. The van der Waals surface area contributed by atoms with E-state index < -0.39 is 5.97 Å². The second-order valence-electron chi connectivity index (χ2n) is 0.724. The number of aliphatic carboxylic acids is 1. The predicted molar refractivity (Wildman–Crippen MR) is 29.6 cm³/mol. The maximum atomic E-state index is 9.00. The van der Waals surface area contributed by atoms with Crippen LogP contribution in [0.15, 0.2) is 2.92 Å². The Bertz CT molecular complexity index is 104. The molecule has 0 heterocycles. The average molecular weight is 310 g/mol. The maximum absolute atomic E-state index is 9.00. The van der Waals surface area contributed by atoms with Gasteiger partial charge in [0.1, 0.15) is 0 Å². The van der Waals surface area contributed by atoms with Crippen molar-refractivity contribution in [1.29, 1.82) is 0 Å². The van der Waals surface area contributed by atoms with Crippen molar-refractivity contribution in [3.8, 4) is 0 Å². The summed E-state index contributed by atoms with van der Waals surface area (Å²) in [6, 6.07) is 0. The molecule has 0 aromatic rings. The van der Waals surface area contributed by atoms with Gasteiger partial charge in [0, 0.05) is 6.92 Å². The molecule has 0 saturated heterocycles.